The summed E-state index contributed by atoms with van der Waals surface area (Å²) in [7, 11) is 1.41. The fourth-order valence-corrected chi connectivity index (χ4v) is 1.90. The summed E-state index contributed by atoms with van der Waals surface area (Å²) in [6.45, 7) is 1.57. The van der Waals surface area contributed by atoms with E-state index in [4.69, 9.17) is 13.9 Å². The lowest BCUT2D eigenvalue weighted by Gasteiger charge is -2.09. The molecule has 0 aliphatic carbocycles. The summed E-state index contributed by atoms with van der Waals surface area (Å²) < 4.78 is 15.1. The molecule has 0 saturated heterocycles. The maximum Gasteiger partial charge on any atom is 0.351 e. The Hall–Kier alpha value is -2.34. The highest BCUT2D eigenvalue weighted by Crippen LogP contribution is 2.29. The highest BCUT2D eigenvalue weighted by molar-refractivity contribution is 5.94. The molecule has 6 nitrogen and oxygen atoms in total. The lowest BCUT2D eigenvalue weighted by Crippen LogP contribution is -2.16. The highest BCUT2D eigenvalue weighted by Gasteiger charge is 2.17. The zero-order valence-corrected chi connectivity index (χ0v) is 11.1. The first kappa shape index (κ1) is 14.1. The quantitative estimate of drug-likeness (QED) is 0.673. The van der Waals surface area contributed by atoms with Crippen LogP contribution in [0.3, 0.4) is 0 Å². The molecule has 0 unspecified atom stereocenters. The molecular formula is C14H14O6. The summed E-state index contributed by atoms with van der Waals surface area (Å²) in [5, 5.41) is 9.73. The van der Waals surface area contributed by atoms with Gasteiger partial charge in [-0.05, 0) is 13.0 Å². The molecule has 1 N–H and O–H groups in total. The number of methoxy groups -OCH3 is 1. The van der Waals surface area contributed by atoms with Crippen LogP contribution in [0.15, 0.2) is 27.4 Å². The van der Waals surface area contributed by atoms with Crippen molar-refractivity contribution in [1.29, 1.82) is 0 Å². The van der Waals surface area contributed by atoms with Crippen LogP contribution >= 0.6 is 0 Å². The van der Waals surface area contributed by atoms with Crippen LogP contribution in [0, 0.1) is 0 Å². The molecule has 0 atom stereocenters. The molecule has 0 amide bonds. The van der Waals surface area contributed by atoms with Gasteiger partial charge in [-0.25, -0.2) is 9.59 Å². The third-order valence-electron chi connectivity index (χ3n) is 2.81. The van der Waals surface area contributed by atoms with E-state index in [1.165, 1.54) is 13.2 Å². The van der Waals surface area contributed by atoms with Gasteiger partial charge < -0.3 is 19.0 Å². The molecule has 0 fully saturated rings. The number of aliphatic hydroxyl groups is 1. The minimum atomic E-state index is -0.802. The second-order valence-electron chi connectivity index (χ2n) is 4.00. The minimum Gasteiger partial charge on any atom is -0.492 e. The van der Waals surface area contributed by atoms with Crippen LogP contribution in [-0.2, 0) is 11.3 Å². The van der Waals surface area contributed by atoms with Crippen LogP contribution in [0.5, 0.6) is 5.75 Å². The van der Waals surface area contributed by atoms with E-state index in [1.807, 2.05) is 0 Å². The number of benzene rings is 1. The zero-order valence-electron chi connectivity index (χ0n) is 11.1. The monoisotopic (exact) mass is 278 g/mol. The fraction of sp³-hybridized carbons (Fsp3) is 0.286. The first-order valence-corrected chi connectivity index (χ1v) is 6.04. The van der Waals surface area contributed by atoms with Crippen molar-refractivity contribution in [3.05, 3.63) is 39.7 Å². The Morgan fingerprint density at radius 1 is 1.40 bits per heavy atom. The van der Waals surface area contributed by atoms with Gasteiger partial charge in [0.25, 0.3) is 0 Å². The van der Waals surface area contributed by atoms with Crippen LogP contribution in [0.1, 0.15) is 22.8 Å². The molecule has 6 heteroatoms. The van der Waals surface area contributed by atoms with Gasteiger partial charge in [0.05, 0.1) is 20.3 Å². The lowest BCUT2D eigenvalue weighted by molar-refractivity contribution is 0.0521. The molecule has 0 saturated carbocycles. The number of aliphatic hydroxyl groups excluding tert-OH is 1. The minimum absolute atomic E-state index is 0.168. The number of carbonyl (C=O) groups excluding carboxylic acids is 1. The predicted molar refractivity (Wildman–Crippen MR) is 70.9 cm³/mol. The molecule has 20 heavy (non-hydrogen) atoms. The van der Waals surface area contributed by atoms with Crippen molar-refractivity contribution >= 4 is 16.9 Å². The Kier molecular flexibility index (Phi) is 4.05. The molecule has 0 bridgehead atoms. The van der Waals surface area contributed by atoms with E-state index >= 15 is 0 Å². The maximum absolute atomic E-state index is 11.8. The maximum atomic E-state index is 11.8. The molecule has 1 aromatic heterocycles. The summed E-state index contributed by atoms with van der Waals surface area (Å²) in [4.78, 5) is 23.5. The van der Waals surface area contributed by atoms with Crippen molar-refractivity contribution in [2.24, 2.45) is 0 Å². The Bertz CT molecular complexity index is 701. The number of ether oxygens (including phenoxy) is 2. The third kappa shape index (κ3) is 2.37. The summed E-state index contributed by atoms with van der Waals surface area (Å²) in [6, 6.07) is 4.66. The lowest BCUT2D eigenvalue weighted by atomic mass is 10.1. The second kappa shape index (κ2) is 5.75. The average Bonchev–Trinajstić information content (AvgIpc) is 2.45. The van der Waals surface area contributed by atoms with Crippen LogP contribution < -0.4 is 10.4 Å². The molecule has 0 spiro atoms. The average molecular weight is 278 g/mol. The number of rotatable bonds is 4. The zero-order chi connectivity index (χ0) is 14.7. The molecular weight excluding hydrogens is 264 g/mol. The molecule has 1 heterocycles. The summed E-state index contributed by atoms with van der Waals surface area (Å²) in [6.07, 6.45) is 0. The number of hydrogen-bond acceptors (Lipinski definition) is 6. The number of esters is 1. The van der Waals surface area contributed by atoms with Crippen LogP contribution in [-0.4, -0.2) is 24.8 Å². The highest BCUT2D eigenvalue weighted by atomic mass is 16.5. The van der Waals surface area contributed by atoms with Crippen molar-refractivity contribution in [1.82, 2.24) is 0 Å². The predicted octanol–water partition coefficient (Wildman–Crippen LogP) is 1.47. The van der Waals surface area contributed by atoms with Gasteiger partial charge in [0, 0.05) is 10.9 Å². The Morgan fingerprint density at radius 3 is 2.75 bits per heavy atom. The molecule has 0 radical (unpaired) electrons. The van der Waals surface area contributed by atoms with Crippen molar-refractivity contribution in [2.45, 2.75) is 13.5 Å². The first-order valence-electron chi connectivity index (χ1n) is 6.04. The second-order valence-corrected chi connectivity index (χ2v) is 4.00. The summed E-state index contributed by atoms with van der Waals surface area (Å²) in [5.74, 6) is -0.453. The Morgan fingerprint density at radius 2 is 2.15 bits per heavy atom. The topological polar surface area (TPSA) is 86.0 Å². The molecule has 1 aromatic carbocycles. The molecule has 2 rings (SSSR count). The van der Waals surface area contributed by atoms with Gasteiger partial charge in [0.1, 0.15) is 5.56 Å². The van der Waals surface area contributed by atoms with E-state index < -0.39 is 11.6 Å². The van der Waals surface area contributed by atoms with Crippen LogP contribution in [0.2, 0.25) is 0 Å². The fourth-order valence-electron chi connectivity index (χ4n) is 1.90. The van der Waals surface area contributed by atoms with Gasteiger partial charge in [-0.1, -0.05) is 12.1 Å². The number of hydrogen-bond donors (Lipinski definition) is 1. The summed E-state index contributed by atoms with van der Waals surface area (Å²) in [5.41, 5.74) is -0.286. The Labute approximate surface area is 114 Å². The number of carbonyl (C=O) groups is 1. The van der Waals surface area contributed by atoms with E-state index in [2.05, 4.69) is 0 Å². The van der Waals surface area contributed by atoms with Crippen LogP contribution in [0.4, 0.5) is 0 Å². The molecule has 0 aliphatic rings. The van der Waals surface area contributed by atoms with Gasteiger partial charge in [0.15, 0.2) is 11.3 Å². The van der Waals surface area contributed by atoms with Crippen molar-refractivity contribution < 1.29 is 23.8 Å². The van der Waals surface area contributed by atoms with Crippen molar-refractivity contribution in [3.8, 4) is 5.75 Å². The largest absolute Gasteiger partial charge is 0.492 e. The SMILES string of the molecule is CCOC(=O)c1cc2ccc(CO)c(OC)c2oc1=O. The third-order valence-corrected chi connectivity index (χ3v) is 2.81. The first-order chi connectivity index (χ1) is 9.62. The van der Waals surface area contributed by atoms with Crippen molar-refractivity contribution in [2.75, 3.05) is 13.7 Å². The number of fused-ring (bicyclic) bond motifs is 1. The van der Waals surface area contributed by atoms with E-state index in [1.54, 1.807) is 19.1 Å². The smallest absolute Gasteiger partial charge is 0.351 e. The van der Waals surface area contributed by atoms with E-state index in [0.29, 0.717) is 10.9 Å². The standard InChI is InChI=1S/C14H14O6/c1-3-19-13(16)10-6-8-4-5-9(7-15)11(18-2)12(8)20-14(10)17/h4-6,15H,3,7H2,1-2H3. The van der Waals surface area contributed by atoms with Gasteiger partial charge in [0.2, 0.25) is 0 Å². The molecule has 2 aromatic rings. The van der Waals surface area contributed by atoms with E-state index in [9.17, 15) is 14.7 Å². The summed E-state index contributed by atoms with van der Waals surface area (Å²) >= 11 is 0. The van der Waals surface area contributed by atoms with E-state index in [0.717, 1.165) is 0 Å². The van der Waals surface area contributed by atoms with Gasteiger partial charge in [-0.2, -0.15) is 0 Å². The Balaban J connectivity index is 2.68. The van der Waals surface area contributed by atoms with Crippen LogP contribution in [0.25, 0.3) is 11.0 Å². The van der Waals surface area contributed by atoms with Crippen molar-refractivity contribution in [3.63, 3.8) is 0 Å². The molecule has 106 valence electrons. The normalized spacial score (nSPS) is 10.6. The molecule has 0 aliphatic heterocycles. The van der Waals surface area contributed by atoms with E-state index in [-0.39, 0.29) is 30.1 Å². The van der Waals surface area contributed by atoms with Gasteiger partial charge in [-0.15, -0.1) is 0 Å². The van der Waals surface area contributed by atoms with Gasteiger partial charge in [-0.3, -0.25) is 0 Å². The van der Waals surface area contributed by atoms with Gasteiger partial charge >= 0.3 is 11.6 Å².